The van der Waals surface area contributed by atoms with Crippen LogP contribution in [0.25, 0.3) is 10.4 Å². The third kappa shape index (κ3) is 1.71. The van der Waals surface area contributed by atoms with Crippen molar-refractivity contribution in [3.63, 3.8) is 0 Å². The van der Waals surface area contributed by atoms with E-state index in [1.807, 2.05) is 10.8 Å². The first-order valence-electron chi connectivity index (χ1n) is 4.09. The average molecular weight is 209 g/mol. The molecule has 0 fully saturated rings. The van der Waals surface area contributed by atoms with Crippen LogP contribution in [0.1, 0.15) is 0 Å². The van der Waals surface area contributed by atoms with Crippen LogP contribution >= 0.6 is 21.6 Å². The lowest BCUT2D eigenvalue weighted by molar-refractivity contribution is 0.605. The smallest absolute Gasteiger partial charge is 0.0893 e. The number of benzene rings is 1. The van der Waals surface area contributed by atoms with Gasteiger partial charge in [0.15, 0.2) is 0 Å². The maximum Gasteiger partial charge on any atom is 0.0893 e. The first kappa shape index (κ1) is 9.03. The number of rotatable bonds is 1. The molecule has 1 aromatic carbocycles. The van der Waals surface area contributed by atoms with E-state index in [9.17, 15) is 0 Å². The summed E-state index contributed by atoms with van der Waals surface area (Å²) in [5.41, 5.74) is 0. The standard InChI is InChI=1S/C10H11NS2/c1-11(2)10-9-6-4-3-5-8(9)7-12-13-10/h3-7H,1-2H3. The van der Waals surface area contributed by atoms with Crippen molar-refractivity contribution >= 4 is 32.0 Å². The predicted octanol–water partition coefficient (Wildman–Crippen LogP) is 1.45. The van der Waals surface area contributed by atoms with Crippen molar-refractivity contribution in [2.75, 3.05) is 14.1 Å². The molecule has 0 saturated heterocycles. The molecule has 1 nitrogen and oxygen atoms in total. The van der Waals surface area contributed by atoms with E-state index in [0.717, 1.165) is 0 Å². The average Bonchev–Trinajstić information content (AvgIpc) is 2.17. The molecule has 0 atom stereocenters. The highest BCUT2D eigenvalue weighted by molar-refractivity contribution is 8.82. The molecule has 13 heavy (non-hydrogen) atoms. The highest BCUT2D eigenvalue weighted by Crippen LogP contribution is 2.33. The highest BCUT2D eigenvalue weighted by atomic mass is 33.1. The molecule has 1 aliphatic rings. The van der Waals surface area contributed by atoms with Gasteiger partial charge in [-0.1, -0.05) is 35.1 Å². The van der Waals surface area contributed by atoms with Gasteiger partial charge < -0.3 is 4.90 Å². The topological polar surface area (TPSA) is 3.24 Å². The van der Waals surface area contributed by atoms with E-state index in [4.69, 9.17) is 0 Å². The molecule has 1 aliphatic heterocycles. The quantitative estimate of drug-likeness (QED) is 0.645. The van der Waals surface area contributed by atoms with Crippen molar-refractivity contribution in [3.8, 4) is 0 Å². The van der Waals surface area contributed by atoms with Gasteiger partial charge in [-0.05, 0) is 21.4 Å². The van der Waals surface area contributed by atoms with Crippen molar-refractivity contribution < 1.29 is 0 Å². The Bertz CT molecular complexity index is 423. The summed E-state index contributed by atoms with van der Waals surface area (Å²) in [7, 11) is 7.78. The maximum atomic E-state index is 2.20. The van der Waals surface area contributed by atoms with Gasteiger partial charge in [0.05, 0.1) is 5.03 Å². The molecule has 0 unspecified atom stereocenters. The molecular weight excluding hydrogens is 198 g/mol. The number of nitrogens with zero attached hydrogens (tertiary/aromatic N) is 1. The fourth-order valence-corrected chi connectivity index (χ4v) is 3.59. The zero-order valence-electron chi connectivity index (χ0n) is 7.65. The lowest BCUT2D eigenvalue weighted by Gasteiger charge is -2.17. The summed E-state index contributed by atoms with van der Waals surface area (Å²) in [6.45, 7) is 0. The monoisotopic (exact) mass is 209 g/mol. The van der Waals surface area contributed by atoms with Gasteiger partial charge in [0.2, 0.25) is 0 Å². The van der Waals surface area contributed by atoms with Gasteiger partial charge in [-0.25, -0.2) is 0 Å². The predicted molar refractivity (Wildman–Crippen MR) is 62.4 cm³/mol. The van der Waals surface area contributed by atoms with Crippen molar-refractivity contribution in [1.82, 2.24) is 4.90 Å². The van der Waals surface area contributed by atoms with Gasteiger partial charge in [-0.3, -0.25) is 0 Å². The van der Waals surface area contributed by atoms with E-state index in [0.29, 0.717) is 0 Å². The molecule has 0 aliphatic carbocycles. The Morgan fingerprint density at radius 3 is 2.69 bits per heavy atom. The van der Waals surface area contributed by atoms with E-state index in [1.165, 1.54) is 15.5 Å². The van der Waals surface area contributed by atoms with Crippen LogP contribution in [0.5, 0.6) is 0 Å². The number of hydrogen-bond acceptors (Lipinski definition) is 3. The molecule has 0 aromatic heterocycles. The molecule has 1 aromatic rings. The van der Waals surface area contributed by atoms with E-state index < -0.39 is 0 Å². The van der Waals surface area contributed by atoms with Crippen LogP contribution < -0.4 is 10.4 Å². The molecule has 0 spiro atoms. The second-order valence-electron chi connectivity index (χ2n) is 3.08. The molecule has 0 saturated carbocycles. The first-order chi connectivity index (χ1) is 6.29. The second kappa shape index (κ2) is 3.68. The molecule has 3 heteroatoms. The van der Waals surface area contributed by atoms with Gasteiger partial charge >= 0.3 is 0 Å². The van der Waals surface area contributed by atoms with Crippen LogP contribution in [0.4, 0.5) is 0 Å². The van der Waals surface area contributed by atoms with E-state index in [-0.39, 0.29) is 0 Å². The van der Waals surface area contributed by atoms with Gasteiger partial charge in [0, 0.05) is 19.3 Å². The van der Waals surface area contributed by atoms with Crippen molar-refractivity contribution in [2.45, 2.75) is 0 Å². The van der Waals surface area contributed by atoms with Crippen molar-refractivity contribution in [1.29, 1.82) is 0 Å². The second-order valence-corrected chi connectivity index (χ2v) is 5.14. The normalized spacial score (nSPS) is 14.8. The third-order valence-electron chi connectivity index (χ3n) is 1.90. The van der Waals surface area contributed by atoms with Gasteiger partial charge in [-0.2, -0.15) is 0 Å². The molecule has 0 amide bonds. The van der Waals surface area contributed by atoms with Crippen LogP contribution in [0, 0.1) is 0 Å². The minimum atomic E-state index is 1.33. The SMILES string of the molecule is CN(C)C1=c2ccccc2=CSS1. The zero-order valence-corrected chi connectivity index (χ0v) is 9.28. The molecule has 2 rings (SSSR count). The van der Waals surface area contributed by atoms with Crippen molar-refractivity contribution in [3.05, 3.63) is 34.7 Å². The molecule has 0 bridgehead atoms. The van der Waals surface area contributed by atoms with Gasteiger partial charge in [0.25, 0.3) is 0 Å². The Morgan fingerprint density at radius 2 is 1.92 bits per heavy atom. The summed E-state index contributed by atoms with van der Waals surface area (Å²) < 4.78 is 0. The van der Waals surface area contributed by atoms with Gasteiger partial charge in [0.1, 0.15) is 0 Å². The number of hydrogen-bond donors (Lipinski definition) is 0. The third-order valence-corrected chi connectivity index (χ3v) is 4.14. The van der Waals surface area contributed by atoms with E-state index in [1.54, 1.807) is 10.8 Å². The van der Waals surface area contributed by atoms with Crippen LogP contribution in [0.15, 0.2) is 24.3 Å². The fraction of sp³-hybridized carbons (Fsp3) is 0.200. The zero-order chi connectivity index (χ0) is 9.26. The summed E-state index contributed by atoms with van der Waals surface area (Å²) >= 11 is 0. The summed E-state index contributed by atoms with van der Waals surface area (Å²) in [5.74, 6) is 0. The Labute approximate surface area is 85.9 Å². The van der Waals surface area contributed by atoms with Crippen molar-refractivity contribution in [2.24, 2.45) is 0 Å². The minimum Gasteiger partial charge on any atom is -0.371 e. The molecule has 1 heterocycles. The van der Waals surface area contributed by atoms with E-state index >= 15 is 0 Å². The van der Waals surface area contributed by atoms with Gasteiger partial charge in [-0.15, -0.1) is 0 Å². The summed E-state index contributed by atoms with van der Waals surface area (Å²) in [4.78, 5) is 2.17. The Balaban J connectivity index is 2.76. The lowest BCUT2D eigenvalue weighted by Crippen LogP contribution is -2.31. The Hall–Kier alpha value is -0.540. The fourth-order valence-electron chi connectivity index (χ4n) is 1.28. The maximum absolute atomic E-state index is 2.20. The van der Waals surface area contributed by atoms with Crippen LogP contribution in [0.3, 0.4) is 0 Å². The summed E-state index contributed by atoms with van der Waals surface area (Å²) in [6, 6.07) is 8.51. The number of fused-ring (bicyclic) bond motifs is 1. The highest BCUT2D eigenvalue weighted by Gasteiger charge is 2.06. The lowest BCUT2D eigenvalue weighted by atomic mass is 10.2. The van der Waals surface area contributed by atoms with Crippen LogP contribution in [-0.2, 0) is 0 Å². The minimum absolute atomic E-state index is 1.33. The summed E-state index contributed by atoms with van der Waals surface area (Å²) in [5, 5.41) is 6.21. The van der Waals surface area contributed by atoms with Crippen LogP contribution in [-0.4, -0.2) is 19.0 Å². The molecular formula is C10H11NS2. The van der Waals surface area contributed by atoms with Crippen LogP contribution in [0.2, 0.25) is 0 Å². The molecule has 68 valence electrons. The first-order valence-corrected chi connectivity index (χ1v) is 6.30. The largest absolute Gasteiger partial charge is 0.371 e. The summed E-state index contributed by atoms with van der Waals surface area (Å²) in [6.07, 6.45) is 0. The van der Waals surface area contributed by atoms with E-state index in [2.05, 4.69) is 48.7 Å². The Kier molecular flexibility index (Phi) is 2.56. The molecule has 0 N–H and O–H groups in total. The Morgan fingerprint density at radius 1 is 1.15 bits per heavy atom. The molecule has 0 radical (unpaired) electrons.